The fourth-order valence-electron chi connectivity index (χ4n) is 5.51. The second-order valence-electron chi connectivity index (χ2n) is 9.49. The number of rotatable bonds is 2. The molecule has 27 heavy (non-hydrogen) atoms. The van der Waals surface area contributed by atoms with Crippen LogP contribution in [0, 0.1) is 5.41 Å². The van der Waals surface area contributed by atoms with Gasteiger partial charge < -0.3 is 19.1 Å². The Labute approximate surface area is 160 Å². The molecule has 2 saturated heterocycles. The highest BCUT2D eigenvalue weighted by atomic mass is 16.6. The van der Waals surface area contributed by atoms with E-state index >= 15 is 0 Å². The van der Waals surface area contributed by atoms with Gasteiger partial charge in [0.25, 0.3) is 0 Å². The number of fused-ring (bicyclic) bond motifs is 1. The molecule has 2 amide bonds. The van der Waals surface area contributed by atoms with Crippen molar-refractivity contribution in [3.63, 3.8) is 0 Å². The first kappa shape index (κ1) is 18.3. The zero-order valence-corrected chi connectivity index (χ0v) is 16.7. The largest absolute Gasteiger partial charge is 0.444 e. The Morgan fingerprint density at radius 3 is 2.67 bits per heavy atom. The molecule has 1 aromatic rings. The summed E-state index contributed by atoms with van der Waals surface area (Å²) < 4.78 is 7.51. The van der Waals surface area contributed by atoms with Gasteiger partial charge in [-0.15, -0.1) is 0 Å². The summed E-state index contributed by atoms with van der Waals surface area (Å²) in [6, 6.07) is 0.413. The molecule has 1 aromatic heterocycles. The Kier molecular flexibility index (Phi) is 4.24. The summed E-state index contributed by atoms with van der Waals surface area (Å²) in [5.41, 5.74) is -0.567. The quantitative estimate of drug-likeness (QED) is 0.798. The zero-order chi connectivity index (χ0) is 19.4. The van der Waals surface area contributed by atoms with Crippen LogP contribution in [0.3, 0.4) is 0 Å². The summed E-state index contributed by atoms with van der Waals surface area (Å²) in [5.74, 6) is 0.124. The Balaban J connectivity index is 1.60. The van der Waals surface area contributed by atoms with Crippen molar-refractivity contribution in [2.75, 3.05) is 6.54 Å². The molecule has 7 heteroatoms. The Hall–Kier alpha value is -2.05. The van der Waals surface area contributed by atoms with Gasteiger partial charge in [0.05, 0.1) is 12.4 Å². The van der Waals surface area contributed by atoms with E-state index in [-0.39, 0.29) is 35.5 Å². The number of carbonyl (C=O) groups is 2. The second kappa shape index (κ2) is 6.24. The van der Waals surface area contributed by atoms with Gasteiger partial charge in [0.15, 0.2) is 0 Å². The number of carbonyl (C=O) groups excluding carboxylic acids is 2. The molecule has 3 heterocycles. The van der Waals surface area contributed by atoms with E-state index in [4.69, 9.17) is 4.74 Å². The highest BCUT2D eigenvalue weighted by Crippen LogP contribution is 2.54. The maximum Gasteiger partial charge on any atom is 0.410 e. The lowest BCUT2D eigenvalue weighted by Gasteiger charge is -2.49. The van der Waals surface area contributed by atoms with Crippen LogP contribution in [0.4, 0.5) is 4.79 Å². The van der Waals surface area contributed by atoms with Crippen LogP contribution in [0.1, 0.15) is 53.4 Å². The van der Waals surface area contributed by atoms with Crippen LogP contribution < -0.4 is 0 Å². The zero-order valence-electron chi connectivity index (χ0n) is 16.7. The summed E-state index contributed by atoms with van der Waals surface area (Å²) in [7, 11) is 0. The van der Waals surface area contributed by atoms with Crippen molar-refractivity contribution in [2.24, 2.45) is 5.41 Å². The number of hydrogen-bond donors (Lipinski definition) is 0. The molecule has 2 bridgehead atoms. The number of likely N-dealkylation sites (tertiary alicyclic amines) is 2. The summed E-state index contributed by atoms with van der Waals surface area (Å²) in [4.78, 5) is 34.1. The van der Waals surface area contributed by atoms with Crippen molar-refractivity contribution in [2.45, 2.75) is 83.6 Å². The molecule has 2 aliphatic heterocycles. The molecule has 0 radical (unpaired) electrons. The van der Waals surface area contributed by atoms with Crippen LogP contribution in [0.5, 0.6) is 0 Å². The van der Waals surface area contributed by atoms with Gasteiger partial charge in [-0.05, 0) is 46.5 Å². The molecule has 1 saturated carbocycles. The Morgan fingerprint density at radius 1 is 1.26 bits per heavy atom. The number of amides is 2. The predicted octanol–water partition coefficient (Wildman–Crippen LogP) is 2.66. The van der Waals surface area contributed by atoms with Crippen molar-refractivity contribution < 1.29 is 14.3 Å². The Bertz CT molecular complexity index is 726. The first-order valence-corrected chi connectivity index (χ1v) is 9.95. The molecule has 4 rings (SSSR count). The standard InChI is InChI=1S/C20H30N4O3/c1-19(2,3)27-18(26)23-11-14-10-20(4)15(23)6-5-7-16(20)24(14)17(25)12-22-9-8-21-13-22/h8-9,13-16H,5-7,10-12H2,1-4H3/t14-,15+,16-,20+/m0/s1. The third kappa shape index (κ3) is 3.11. The van der Waals surface area contributed by atoms with Gasteiger partial charge in [0.2, 0.25) is 5.91 Å². The number of hydrogen-bond acceptors (Lipinski definition) is 4. The van der Waals surface area contributed by atoms with Gasteiger partial charge in [0.1, 0.15) is 12.1 Å². The average molecular weight is 374 g/mol. The van der Waals surface area contributed by atoms with Crippen molar-refractivity contribution in [1.82, 2.24) is 19.4 Å². The predicted molar refractivity (Wildman–Crippen MR) is 100.0 cm³/mol. The minimum Gasteiger partial charge on any atom is -0.444 e. The van der Waals surface area contributed by atoms with Gasteiger partial charge in [-0.2, -0.15) is 0 Å². The van der Waals surface area contributed by atoms with E-state index in [1.807, 2.05) is 36.4 Å². The molecular weight excluding hydrogens is 344 g/mol. The third-order valence-corrected chi connectivity index (χ3v) is 6.46. The molecule has 1 aliphatic carbocycles. The maximum atomic E-state index is 13.1. The fourth-order valence-corrected chi connectivity index (χ4v) is 5.51. The fraction of sp³-hybridized carbons (Fsp3) is 0.750. The van der Waals surface area contributed by atoms with Gasteiger partial charge in [-0.1, -0.05) is 6.92 Å². The summed E-state index contributed by atoms with van der Waals surface area (Å²) in [6.07, 6.45) is 8.95. The minimum atomic E-state index is -0.514. The van der Waals surface area contributed by atoms with Crippen LogP contribution in [0.2, 0.25) is 0 Å². The molecule has 0 unspecified atom stereocenters. The lowest BCUT2D eigenvalue weighted by atomic mass is 9.66. The number of nitrogens with zero attached hydrogens (tertiary/aromatic N) is 4. The van der Waals surface area contributed by atoms with Gasteiger partial charge >= 0.3 is 6.09 Å². The average Bonchev–Trinajstić information content (AvgIpc) is 3.15. The SMILES string of the molecule is CC(C)(C)OC(=O)N1C[C@@H]2C[C@@]3(C)[C@H](CCC[C@@H]13)N2C(=O)Cn1ccnc1. The van der Waals surface area contributed by atoms with Crippen LogP contribution in [-0.4, -0.2) is 61.6 Å². The van der Waals surface area contributed by atoms with Crippen molar-refractivity contribution in [3.8, 4) is 0 Å². The molecule has 7 nitrogen and oxygen atoms in total. The summed E-state index contributed by atoms with van der Waals surface area (Å²) in [6.45, 7) is 8.83. The van der Waals surface area contributed by atoms with E-state index in [2.05, 4.69) is 16.8 Å². The van der Waals surface area contributed by atoms with Gasteiger partial charge in [0, 0.05) is 36.4 Å². The van der Waals surface area contributed by atoms with E-state index in [0.29, 0.717) is 13.1 Å². The summed E-state index contributed by atoms with van der Waals surface area (Å²) >= 11 is 0. The first-order valence-electron chi connectivity index (χ1n) is 9.95. The number of imidazole rings is 1. The molecule has 3 fully saturated rings. The maximum absolute atomic E-state index is 13.1. The highest BCUT2D eigenvalue weighted by Gasteiger charge is 2.61. The first-order chi connectivity index (χ1) is 12.7. The normalized spacial score (nSPS) is 32.5. The monoisotopic (exact) mass is 374 g/mol. The number of piperidine rings is 1. The van der Waals surface area contributed by atoms with Crippen molar-refractivity contribution in [1.29, 1.82) is 0 Å². The highest BCUT2D eigenvalue weighted by molar-refractivity contribution is 5.78. The molecule has 148 valence electrons. The Morgan fingerprint density at radius 2 is 2.00 bits per heavy atom. The van der Waals surface area contributed by atoms with E-state index in [0.717, 1.165) is 25.7 Å². The van der Waals surface area contributed by atoms with Crippen LogP contribution in [-0.2, 0) is 16.1 Å². The van der Waals surface area contributed by atoms with E-state index < -0.39 is 5.60 Å². The van der Waals surface area contributed by atoms with Crippen LogP contribution in [0.25, 0.3) is 0 Å². The van der Waals surface area contributed by atoms with Crippen LogP contribution in [0.15, 0.2) is 18.7 Å². The number of ether oxygens (including phenoxy) is 1. The molecule has 3 aliphatic rings. The molecule has 0 N–H and O–H groups in total. The molecular formula is C20H30N4O3. The topological polar surface area (TPSA) is 67.7 Å². The lowest BCUT2D eigenvalue weighted by Crippen LogP contribution is -2.58. The smallest absolute Gasteiger partial charge is 0.410 e. The van der Waals surface area contributed by atoms with Gasteiger partial charge in [-0.25, -0.2) is 9.78 Å². The third-order valence-electron chi connectivity index (χ3n) is 6.46. The lowest BCUT2D eigenvalue weighted by molar-refractivity contribution is -0.135. The molecule has 0 aromatic carbocycles. The molecule has 0 spiro atoms. The number of aromatic nitrogens is 2. The second-order valence-corrected chi connectivity index (χ2v) is 9.49. The summed E-state index contributed by atoms with van der Waals surface area (Å²) in [5, 5.41) is 0. The van der Waals surface area contributed by atoms with Crippen molar-refractivity contribution in [3.05, 3.63) is 18.7 Å². The van der Waals surface area contributed by atoms with Crippen molar-refractivity contribution >= 4 is 12.0 Å². The van der Waals surface area contributed by atoms with E-state index in [9.17, 15) is 9.59 Å². The minimum absolute atomic E-state index is 0.0529. The van der Waals surface area contributed by atoms with Gasteiger partial charge in [-0.3, -0.25) is 4.79 Å². The molecule has 4 atom stereocenters. The van der Waals surface area contributed by atoms with E-state index in [1.165, 1.54) is 0 Å². The van der Waals surface area contributed by atoms with Crippen LogP contribution >= 0.6 is 0 Å². The van der Waals surface area contributed by atoms with E-state index in [1.54, 1.807) is 12.5 Å².